The van der Waals surface area contributed by atoms with Crippen molar-refractivity contribution in [2.24, 2.45) is 0 Å². The average Bonchev–Trinajstić information content (AvgIpc) is 2.45. The number of hydrogen-bond donors (Lipinski definition) is 1. The first-order valence-corrected chi connectivity index (χ1v) is 10.7. The predicted octanol–water partition coefficient (Wildman–Crippen LogP) is 1.98. The van der Waals surface area contributed by atoms with E-state index in [2.05, 4.69) is 0 Å². The van der Waals surface area contributed by atoms with E-state index in [1.807, 2.05) is 13.8 Å². The lowest BCUT2D eigenvalue weighted by atomic mass is 10.4. The molecular weight excluding hydrogens is 376 g/mol. The van der Waals surface area contributed by atoms with Crippen LogP contribution in [0.15, 0.2) is 28.0 Å². The quantitative estimate of drug-likeness (QED) is 0.724. The molecule has 0 aliphatic rings. The molecule has 0 spiro atoms. The number of carbonyl (C=O) groups excluding carboxylic acids is 1. The minimum atomic E-state index is -4.08. The van der Waals surface area contributed by atoms with E-state index >= 15 is 0 Å². The summed E-state index contributed by atoms with van der Waals surface area (Å²) in [5, 5.41) is -0.210. The standard InChI is InChI=1S/C14H21ClN2O5S2/c1-4-8-17(9-5-2)24(21,22)14-7-6-12(10-13(14)15)23(19,20)16-11(3)18/h6-7,10H,4-5,8-9H2,1-3H3,(H,16,18). The molecule has 0 aromatic heterocycles. The summed E-state index contributed by atoms with van der Waals surface area (Å²) in [5.41, 5.74) is 0. The fourth-order valence-corrected chi connectivity index (χ4v) is 5.32. The Balaban J connectivity index is 3.31. The third-order valence-corrected chi connectivity index (χ3v) is 6.87. The summed E-state index contributed by atoms with van der Waals surface area (Å²) in [5.74, 6) is -0.750. The SMILES string of the molecule is CCCN(CCC)S(=O)(=O)c1ccc(S(=O)(=O)NC(C)=O)cc1Cl. The molecule has 10 heteroatoms. The highest BCUT2D eigenvalue weighted by molar-refractivity contribution is 7.90. The van der Waals surface area contributed by atoms with E-state index in [1.54, 1.807) is 4.72 Å². The molecule has 24 heavy (non-hydrogen) atoms. The zero-order valence-corrected chi connectivity index (χ0v) is 16.1. The first-order chi connectivity index (χ1) is 11.1. The van der Waals surface area contributed by atoms with Crippen molar-refractivity contribution in [3.05, 3.63) is 23.2 Å². The Labute approximate surface area is 148 Å². The normalized spacial score (nSPS) is 12.4. The van der Waals surface area contributed by atoms with E-state index in [1.165, 1.54) is 4.31 Å². The number of rotatable bonds is 8. The van der Waals surface area contributed by atoms with Crippen molar-refractivity contribution in [2.45, 2.75) is 43.4 Å². The third-order valence-electron chi connectivity index (χ3n) is 3.06. The molecule has 0 unspecified atom stereocenters. The van der Waals surface area contributed by atoms with Gasteiger partial charge in [0.15, 0.2) is 0 Å². The number of nitrogens with one attached hydrogen (secondary N) is 1. The van der Waals surface area contributed by atoms with Gasteiger partial charge in [-0.25, -0.2) is 21.6 Å². The van der Waals surface area contributed by atoms with Gasteiger partial charge in [0, 0.05) is 20.0 Å². The van der Waals surface area contributed by atoms with Crippen LogP contribution in [0.2, 0.25) is 5.02 Å². The third kappa shape index (κ3) is 4.92. The van der Waals surface area contributed by atoms with Gasteiger partial charge in [-0.15, -0.1) is 0 Å². The van der Waals surface area contributed by atoms with Crippen molar-refractivity contribution in [1.29, 1.82) is 0 Å². The van der Waals surface area contributed by atoms with Crippen LogP contribution in [-0.4, -0.2) is 40.1 Å². The van der Waals surface area contributed by atoms with Gasteiger partial charge in [-0.2, -0.15) is 4.31 Å². The Hall–Kier alpha value is -1.16. The molecule has 1 amide bonds. The first kappa shape index (κ1) is 20.9. The Morgan fingerprint density at radius 3 is 2.08 bits per heavy atom. The molecule has 1 rings (SSSR count). The van der Waals surface area contributed by atoms with Crippen LogP contribution in [0.3, 0.4) is 0 Å². The van der Waals surface area contributed by atoms with E-state index in [4.69, 9.17) is 11.6 Å². The highest BCUT2D eigenvalue weighted by Crippen LogP contribution is 2.27. The molecule has 0 aliphatic heterocycles. The van der Waals surface area contributed by atoms with Crippen molar-refractivity contribution in [3.63, 3.8) is 0 Å². The summed E-state index contributed by atoms with van der Waals surface area (Å²) < 4.78 is 52.4. The molecule has 0 radical (unpaired) electrons. The van der Waals surface area contributed by atoms with Gasteiger partial charge in [0.05, 0.1) is 9.92 Å². The summed E-state index contributed by atoms with van der Waals surface area (Å²) in [4.78, 5) is 10.5. The summed E-state index contributed by atoms with van der Waals surface area (Å²) in [6.45, 7) is 5.48. The smallest absolute Gasteiger partial charge is 0.264 e. The van der Waals surface area contributed by atoms with Crippen LogP contribution in [0.5, 0.6) is 0 Å². The number of benzene rings is 1. The molecule has 136 valence electrons. The van der Waals surface area contributed by atoms with E-state index in [-0.39, 0.29) is 14.8 Å². The molecule has 0 heterocycles. The van der Waals surface area contributed by atoms with Crippen LogP contribution < -0.4 is 4.72 Å². The maximum Gasteiger partial charge on any atom is 0.264 e. The lowest BCUT2D eigenvalue weighted by molar-refractivity contribution is -0.117. The van der Waals surface area contributed by atoms with Crippen molar-refractivity contribution in [2.75, 3.05) is 13.1 Å². The van der Waals surface area contributed by atoms with Gasteiger partial charge in [-0.05, 0) is 31.0 Å². The maximum atomic E-state index is 12.7. The summed E-state index contributed by atoms with van der Waals surface area (Å²) in [6.07, 6.45) is 1.29. The average molecular weight is 397 g/mol. The fraction of sp³-hybridized carbons (Fsp3) is 0.500. The Morgan fingerprint density at radius 1 is 1.12 bits per heavy atom. The molecule has 1 N–H and O–H groups in total. The van der Waals surface area contributed by atoms with Crippen molar-refractivity contribution in [1.82, 2.24) is 9.03 Å². The van der Waals surface area contributed by atoms with Crippen LogP contribution >= 0.6 is 11.6 Å². The highest BCUT2D eigenvalue weighted by atomic mass is 35.5. The molecule has 1 aromatic rings. The molecule has 1 aromatic carbocycles. The van der Waals surface area contributed by atoms with E-state index < -0.39 is 26.0 Å². The second-order valence-corrected chi connectivity index (χ2v) is 9.15. The molecule has 0 bridgehead atoms. The maximum absolute atomic E-state index is 12.7. The van der Waals surface area contributed by atoms with Gasteiger partial charge in [0.1, 0.15) is 4.90 Å². The number of carbonyl (C=O) groups is 1. The van der Waals surface area contributed by atoms with E-state index in [0.717, 1.165) is 25.1 Å². The molecule has 0 saturated heterocycles. The molecule has 0 fully saturated rings. The Kier molecular flexibility index (Phi) is 7.21. The van der Waals surface area contributed by atoms with Gasteiger partial charge in [0.2, 0.25) is 15.9 Å². The van der Waals surface area contributed by atoms with Crippen LogP contribution in [0.1, 0.15) is 33.6 Å². The summed E-state index contributed by atoms with van der Waals surface area (Å²) in [6, 6.07) is 3.28. The largest absolute Gasteiger partial charge is 0.274 e. The van der Waals surface area contributed by atoms with Gasteiger partial charge in [-0.1, -0.05) is 25.4 Å². The van der Waals surface area contributed by atoms with Crippen LogP contribution in [0, 0.1) is 0 Å². The van der Waals surface area contributed by atoms with Crippen LogP contribution in [-0.2, 0) is 24.8 Å². The minimum absolute atomic E-state index is 0.159. The second kappa shape index (κ2) is 8.28. The van der Waals surface area contributed by atoms with Crippen LogP contribution in [0.4, 0.5) is 0 Å². The first-order valence-electron chi connectivity index (χ1n) is 7.39. The highest BCUT2D eigenvalue weighted by Gasteiger charge is 2.27. The second-order valence-electron chi connectivity index (χ2n) is 5.16. The summed E-state index contributed by atoms with van der Waals surface area (Å²) in [7, 11) is -7.90. The van der Waals surface area contributed by atoms with E-state index in [0.29, 0.717) is 25.9 Å². The lowest BCUT2D eigenvalue weighted by Crippen LogP contribution is -2.33. The zero-order chi connectivity index (χ0) is 18.5. The predicted molar refractivity (Wildman–Crippen MR) is 91.8 cm³/mol. The van der Waals surface area contributed by atoms with Crippen LogP contribution in [0.25, 0.3) is 0 Å². The zero-order valence-electron chi connectivity index (χ0n) is 13.7. The van der Waals surface area contributed by atoms with Gasteiger partial charge >= 0.3 is 0 Å². The molecule has 0 saturated carbocycles. The van der Waals surface area contributed by atoms with Gasteiger partial charge < -0.3 is 0 Å². The topological polar surface area (TPSA) is 101 Å². The summed E-state index contributed by atoms with van der Waals surface area (Å²) >= 11 is 6.02. The van der Waals surface area contributed by atoms with Crippen molar-refractivity contribution >= 4 is 37.6 Å². The number of amides is 1. The van der Waals surface area contributed by atoms with Gasteiger partial charge in [0.25, 0.3) is 10.0 Å². The monoisotopic (exact) mass is 396 g/mol. The lowest BCUT2D eigenvalue weighted by Gasteiger charge is -2.21. The van der Waals surface area contributed by atoms with Gasteiger partial charge in [-0.3, -0.25) is 4.79 Å². The van der Waals surface area contributed by atoms with Crippen molar-refractivity contribution in [3.8, 4) is 0 Å². The number of hydrogen-bond acceptors (Lipinski definition) is 5. The number of sulfonamides is 2. The molecular formula is C14H21ClN2O5S2. The van der Waals surface area contributed by atoms with E-state index in [9.17, 15) is 21.6 Å². The fourth-order valence-electron chi connectivity index (χ4n) is 2.10. The van der Waals surface area contributed by atoms with Crippen molar-refractivity contribution < 1.29 is 21.6 Å². The minimum Gasteiger partial charge on any atom is -0.274 e. The number of nitrogens with zero attached hydrogens (tertiary/aromatic N) is 1. The molecule has 0 aliphatic carbocycles. The number of halogens is 1. The molecule has 0 atom stereocenters. The molecule has 7 nitrogen and oxygen atoms in total. The Morgan fingerprint density at radius 2 is 1.67 bits per heavy atom. The Bertz CT molecular complexity index is 800.